The fourth-order valence-corrected chi connectivity index (χ4v) is 4.21. The SMILES string of the molecule is CCS(=O)(=O)NCC[C@@H]1CCOC12CN(Cc1cc(C)on1)C2. The minimum Gasteiger partial charge on any atom is -0.372 e. The Balaban J connectivity index is 1.48. The molecule has 3 rings (SSSR count). The molecule has 0 unspecified atom stereocenters. The molecule has 1 spiro atoms. The molecule has 1 aromatic rings. The second kappa shape index (κ2) is 6.51. The van der Waals surface area contributed by atoms with Crippen molar-refractivity contribution in [1.82, 2.24) is 14.8 Å². The van der Waals surface area contributed by atoms with Crippen LogP contribution in [0, 0.1) is 12.8 Å². The van der Waals surface area contributed by atoms with E-state index in [1.54, 1.807) is 6.92 Å². The Labute approximate surface area is 137 Å². The Kier molecular flexibility index (Phi) is 4.78. The van der Waals surface area contributed by atoms with Crippen LogP contribution in [0.25, 0.3) is 0 Å². The summed E-state index contributed by atoms with van der Waals surface area (Å²) in [5, 5.41) is 4.02. The van der Waals surface area contributed by atoms with E-state index in [-0.39, 0.29) is 11.4 Å². The van der Waals surface area contributed by atoms with Crippen LogP contribution in [-0.2, 0) is 21.3 Å². The fourth-order valence-electron chi connectivity index (χ4n) is 3.58. The van der Waals surface area contributed by atoms with E-state index in [4.69, 9.17) is 9.26 Å². The lowest BCUT2D eigenvalue weighted by Gasteiger charge is -2.50. The van der Waals surface area contributed by atoms with Crippen LogP contribution in [0.2, 0.25) is 0 Å². The number of aryl methyl sites for hydroxylation is 1. The molecule has 2 saturated heterocycles. The van der Waals surface area contributed by atoms with Gasteiger partial charge in [0, 0.05) is 38.9 Å². The van der Waals surface area contributed by atoms with E-state index in [0.29, 0.717) is 12.5 Å². The van der Waals surface area contributed by atoms with Crippen LogP contribution in [0.1, 0.15) is 31.2 Å². The Bertz CT molecular complexity index is 637. The molecular weight excluding hydrogens is 318 g/mol. The highest BCUT2D eigenvalue weighted by molar-refractivity contribution is 7.89. The van der Waals surface area contributed by atoms with Crippen LogP contribution in [0.4, 0.5) is 0 Å². The summed E-state index contributed by atoms with van der Waals surface area (Å²) in [6.45, 7) is 7.34. The van der Waals surface area contributed by atoms with Gasteiger partial charge in [-0.2, -0.15) is 0 Å². The molecule has 0 radical (unpaired) electrons. The zero-order valence-electron chi connectivity index (χ0n) is 13.7. The number of aromatic nitrogens is 1. The number of ether oxygens (including phenoxy) is 1. The molecule has 1 N–H and O–H groups in total. The number of likely N-dealkylation sites (tertiary alicyclic amines) is 1. The molecule has 0 aliphatic carbocycles. The number of nitrogens with one attached hydrogen (secondary N) is 1. The molecular formula is C15H25N3O4S. The topological polar surface area (TPSA) is 84.7 Å². The lowest BCUT2D eigenvalue weighted by Crippen LogP contribution is -2.64. The quantitative estimate of drug-likeness (QED) is 0.792. The molecule has 2 aliphatic heterocycles. The minimum absolute atomic E-state index is 0.101. The van der Waals surface area contributed by atoms with Gasteiger partial charge in [-0.1, -0.05) is 5.16 Å². The lowest BCUT2D eigenvalue weighted by atomic mass is 9.79. The van der Waals surface area contributed by atoms with Crippen LogP contribution in [0.15, 0.2) is 10.6 Å². The van der Waals surface area contributed by atoms with Crippen LogP contribution in [0.5, 0.6) is 0 Å². The molecule has 0 saturated carbocycles. The zero-order valence-corrected chi connectivity index (χ0v) is 14.6. The maximum Gasteiger partial charge on any atom is 0.211 e. The molecule has 3 heterocycles. The summed E-state index contributed by atoms with van der Waals surface area (Å²) >= 11 is 0. The number of rotatable bonds is 7. The van der Waals surface area contributed by atoms with Crippen LogP contribution in [-0.4, -0.2) is 56.1 Å². The molecule has 0 bridgehead atoms. The van der Waals surface area contributed by atoms with E-state index in [2.05, 4.69) is 14.8 Å². The molecule has 7 nitrogen and oxygen atoms in total. The lowest BCUT2D eigenvalue weighted by molar-refractivity contribution is -0.137. The van der Waals surface area contributed by atoms with E-state index in [0.717, 1.165) is 50.5 Å². The van der Waals surface area contributed by atoms with Crippen LogP contribution < -0.4 is 4.72 Å². The number of sulfonamides is 1. The predicted molar refractivity (Wildman–Crippen MR) is 85.4 cm³/mol. The van der Waals surface area contributed by atoms with E-state index in [1.165, 1.54) is 0 Å². The average molecular weight is 343 g/mol. The van der Waals surface area contributed by atoms with Gasteiger partial charge in [0.1, 0.15) is 5.76 Å². The summed E-state index contributed by atoms with van der Waals surface area (Å²) in [6, 6.07) is 1.96. The molecule has 1 aromatic heterocycles. The monoisotopic (exact) mass is 343 g/mol. The summed E-state index contributed by atoms with van der Waals surface area (Å²) in [5.74, 6) is 1.37. The van der Waals surface area contributed by atoms with Crippen molar-refractivity contribution in [2.75, 3.05) is 32.0 Å². The largest absolute Gasteiger partial charge is 0.372 e. The third-order valence-corrected chi connectivity index (χ3v) is 6.24. The van der Waals surface area contributed by atoms with Crippen LogP contribution in [0.3, 0.4) is 0 Å². The Morgan fingerprint density at radius 2 is 2.26 bits per heavy atom. The van der Waals surface area contributed by atoms with E-state index in [9.17, 15) is 8.42 Å². The van der Waals surface area contributed by atoms with Gasteiger partial charge in [0.15, 0.2) is 0 Å². The molecule has 23 heavy (non-hydrogen) atoms. The zero-order chi connectivity index (χ0) is 16.5. The predicted octanol–water partition coefficient (Wildman–Crippen LogP) is 0.903. The maximum absolute atomic E-state index is 11.5. The molecule has 8 heteroatoms. The molecule has 1 atom stereocenters. The van der Waals surface area contributed by atoms with Crippen molar-refractivity contribution in [3.05, 3.63) is 17.5 Å². The first-order valence-electron chi connectivity index (χ1n) is 8.18. The Hall–Kier alpha value is -0.960. The van der Waals surface area contributed by atoms with E-state index >= 15 is 0 Å². The molecule has 2 fully saturated rings. The molecule has 2 aliphatic rings. The van der Waals surface area contributed by atoms with Gasteiger partial charge in [-0.3, -0.25) is 4.90 Å². The number of hydrogen-bond acceptors (Lipinski definition) is 6. The van der Waals surface area contributed by atoms with Crippen molar-refractivity contribution in [2.24, 2.45) is 5.92 Å². The Morgan fingerprint density at radius 3 is 2.91 bits per heavy atom. The van der Waals surface area contributed by atoms with Crippen LogP contribution >= 0.6 is 0 Å². The normalized spacial score (nSPS) is 24.2. The summed E-state index contributed by atoms with van der Waals surface area (Å²) < 4.78 is 36.8. The van der Waals surface area contributed by atoms with Crippen molar-refractivity contribution in [3.8, 4) is 0 Å². The van der Waals surface area contributed by atoms with Gasteiger partial charge < -0.3 is 9.26 Å². The third-order valence-electron chi connectivity index (χ3n) is 4.84. The highest BCUT2D eigenvalue weighted by Gasteiger charge is 2.52. The van der Waals surface area contributed by atoms with Crippen molar-refractivity contribution in [1.29, 1.82) is 0 Å². The third kappa shape index (κ3) is 3.76. The number of nitrogens with zero attached hydrogens (tertiary/aromatic N) is 2. The smallest absolute Gasteiger partial charge is 0.211 e. The van der Waals surface area contributed by atoms with Gasteiger partial charge in [0.25, 0.3) is 0 Å². The summed E-state index contributed by atoms with van der Waals surface area (Å²) in [6.07, 6.45) is 1.83. The van der Waals surface area contributed by atoms with Crippen molar-refractivity contribution in [3.63, 3.8) is 0 Å². The van der Waals surface area contributed by atoms with Gasteiger partial charge >= 0.3 is 0 Å². The van der Waals surface area contributed by atoms with Gasteiger partial charge in [0.2, 0.25) is 10.0 Å². The van der Waals surface area contributed by atoms with Crippen molar-refractivity contribution < 1.29 is 17.7 Å². The molecule has 0 amide bonds. The highest BCUT2D eigenvalue weighted by atomic mass is 32.2. The average Bonchev–Trinajstić information content (AvgIpc) is 3.06. The minimum atomic E-state index is -3.11. The Morgan fingerprint density at radius 1 is 1.48 bits per heavy atom. The second-order valence-corrected chi connectivity index (χ2v) is 8.65. The first-order chi connectivity index (χ1) is 10.9. The second-order valence-electron chi connectivity index (χ2n) is 6.56. The van der Waals surface area contributed by atoms with E-state index < -0.39 is 10.0 Å². The summed E-state index contributed by atoms with van der Waals surface area (Å²) in [7, 11) is -3.11. The maximum atomic E-state index is 11.5. The number of hydrogen-bond donors (Lipinski definition) is 1. The highest BCUT2D eigenvalue weighted by Crippen LogP contribution is 2.41. The van der Waals surface area contributed by atoms with Gasteiger partial charge in [0.05, 0.1) is 17.0 Å². The molecule has 130 valence electrons. The first-order valence-corrected chi connectivity index (χ1v) is 9.83. The fraction of sp³-hybridized carbons (Fsp3) is 0.800. The van der Waals surface area contributed by atoms with Gasteiger partial charge in [-0.25, -0.2) is 13.1 Å². The van der Waals surface area contributed by atoms with Crippen molar-refractivity contribution in [2.45, 2.75) is 38.8 Å². The summed E-state index contributed by atoms with van der Waals surface area (Å²) in [4.78, 5) is 2.30. The van der Waals surface area contributed by atoms with Gasteiger partial charge in [-0.15, -0.1) is 0 Å². The standard InChI is InChI=1S/C15H25N3O4S/c1-3-23(19,20)16-6-4-13-5-7-21-15(13)10-18(11-15)9-14-8-12(2)22-17-14/h8,13,16H,3-7,9-11H2,1-2H3/t13-/m1/s1. The summed E-state index contributed by atoms with van der Waals surface area (Å²) in [5.41, 5.74) is 0.846. The van der Waals surface area contributed by atoms with Gasteiger partial charge in [-0.05, 0) is 32.6 Å². The van der Waals surface area contributed by atoms with E-state index in [1.807, 2.05) is 13.0 Å². The van der Waals surface area contributed by atoms with Crippen molar-refractivity contribution >= 4 is 10.0 Å². The first kappa shape index (κ1) is 16.9. The molecule has 0 aromatic carbocycles.